The van der Waals surface area contributed by atoms with Crippen LogP contribution in [0.3, 0.4) is 0 Å². The van der Waals surface area contributed by atoms with Crippen molar-refractivity contribution in [2.45, 2.75) is 44.2 Å². The first-order chi connectivity index (χ1) is 9.72. The molecule has 3 atom stereocenters. The number of ether oxygens (including phenoxy) is 1. The fraction of sp³-hybridized carbons (Fsp3) is 0.600. The third-order valence-electron chi connectivity index (χ3n) is 4.56. The molecule has 2 heterocycles. The van der Waals surface area contributed by atoms with Gasteiger partial charge in [-0.1, -0.05) is 12.8 Å². The number of esters is 1. The molecule has 0 aromatic carbocycles. The standard InChI is InChI=1S/C15H19NO4/c1-19-15(18)13-8-10-4-2-3-5-12(10)16(13)14(17)11-6-7-20-9-11/h6-7,9-10,12-13H,2-5,8H2,1H3/t10-,12+,13+/m1/s1. The number of likely N-dealkylation sites (tertiary alicyclic amines) is 1. The second kappa shape index (κ2) is 5.31. The zero-order chi connectivity index (χ0) is 14.1. The maximum absolute atomic E-state index is 12.7. The van der Waals surface area contributed by atoms with E-state index in [0.717, 1.165) is 25.7 Å². The molecule has 5 heteroatoms. The number of furan rings is 1. The Hall–Kier alpha value is -1.78. The summed E-state index contributed by atoms with van der Waals surface area (Å²) in [6.45, 7) is 0. The van der Waals surface area contributed by atoms with Gasteiger partial charge in [0.15, 0.2) is 0 Å². The SMILES string of the molecule is COC(=O)[C@@H]1C[C@H]2CCCC[C@@H]2N1C(=O)c1ccoc1. The summed E-state index contributed by atoms with van der Waals surface area (Å²) in [6.07, 6.45) is 8.00. The lowest BCUT2D eigenvalue weighted by molar-refractivity contribution is -0.145. The molecule has 108 valence electrons. The molecule has 0 spiro atoms. The van der Waals surface area contributed by atoms with Gasteiger partial charge in [-0.05, 0) is 31.2 Å². The van der Waals surface area contributed by atoms with Crippen LogP contribution < -0.4 is 0 Å². The van der Waals surface area contributed by atoms with Gasteiger partial charge in [-0.2, -0.15) is 0 Å². The van der Waals surface area contributed by atoms with E-state index in [0.29, 0.717) is 11.5 Å². The highest BCUT2D eigenvalue weighted by atomic mass is 16.5. The summed E-state index contributed by atoms with van der Waals surface area (Å²) >= 11 is 0. The molecule has 3 rings (SSSR count). The zero-order valence-corrected chi connectivity index (χ0v) is 11.6. The summed E-state index contributed by atoms with van der Waals surface area (Å²) in [4.78, 5) is 26.4. The van der Waals surface area contributed by atoms with Crippen LogP contribution in [-0.2, 0) is 9.53 Å². The Morgan fingerprint density at radius 3 is 2.85 bits per heavy atom. The average molecular weight is 277 g/mol. The van der Waals surface area contributed by atoms with Gasteiger partial charge in [-0.3, -0.25) is 4.79 Å². The van der Waals surface area contributed by atoms with Crippen molar-refractivity contribution < 1.29 is 18.7 Å². The number of methoxy groups -OCH3 is 1. The molecule has 20 heavy (non-hydrogen) atoms. The maximum Gasteiger partial charge on any atom is 0.328 e. The van der Waals surface area contributed by atoms with E-state index in [1.165, 1.54) is 26.1 Å². The van der Waals surface area contributed by atoms with Crippen LogP contribution in [0.4, 0.5) is 0 Å². The molecule has 0 radical (unpaired) electrons. The van der Waals surface area contributed by atoms with Crippen LogP contribution in [0.1, 0.15) is 42.5 Å². The minimum Gasteiger partial charge on any atom is -0.472 e. The highest BCUT2D eigenvalue weighted by Gasteiger charge is 2.48. The van der Waals surface area contributed by atoms with Gasteiger partial charge in [0.2, 0.25) is 0 Å². The van der Waals surface area contributed by atoms with E-state index in [1.54, 1.807) is 11.0 Å². The van der Waals surface area contributed by atoms with Crippen LogP contribution in [0.25, 0.3) is 0 Å². The lowest BCUT2D eigenvalue weighted by atomic mass is 9.84. The van der Waals surface area contributed by atoms with Crippen molar-refractivity contribution in [1.29, 1.82) is 0 Å². The van der Waals surface area contributed by atoms with Crippen LogP contribution >= 0.6 is 0 Å². The molecule has 1 saturated carbocycles. The summed E-state index contributed by atoms with van der Waals surface area (Å²) in [5.74, 6) is -0.0107. The molecular weight excluding hydrogens is 258 g/mol. The van der Waals surface area contributed by atoms with Crippen molar-refractivity contribution in [1.82, 2.24) is 4.90 Å². The normalized spacial score (nSPS) is 29.1. The number of fused-ring (bicyclic) bond motifs is 1. The van der Waals surface area contributed by atoms with Crippen molar-refractivity contribution >= 4 is 11.9 Å². The minimum atomic E-state index is -0.449. The molecule has 1 aromatic heterocycles. The zero-order valence-electron chi connectivity index (χ0n) is 11.6. The maximum atomic E-state index is 12.7. The molecule has 1 saturated heterocycles. The van der Waals surface area contributed by atoms with Crippen molar-refractivity contribution in [3.8, 4) is 0 Å². The summed E-state index contributed by atoms with van der Waals surface area (Å²) in [7, 11) is 1.38. The van der Waals surface area contributed by atoms with Crippen LogP contribution in [-0.4, -0.2) is 36.0 Å². The van der Waals surface area contributed by atoms with E-state index in [2.05, 4.69) is 0 Å². The molecular formula is C15H19NO4. The van der Waals surface area contributed by atoms with Crippen LogP contribution in [0.5, 0.6) is 0 Å². The Balaban J connectivity index is 1.90. The number of hydrogen-bond acceptors (Lipinski definition) is 4. The molecule has 0 unspecified atom stereocenters. The van der Waals surface area contributed by atoms with Gasteiger partial charge in [-0.25, -0.2) is 4.79 Å². The fourth-order valence-corrected chi connectivity index (χ4v) is 3.63. The number of amides is 1. The molecule has 1 amide bonds. The van der Waals surface area contributed by atoms with Gasteiger partial charge in [-0.15, -0.1) is 0 Å². The van der Waals surface area contributed by atoms with E-state index < -0.39 is 6.04 Å². The minimum absolute atomic E-state index is 0.122. The first kappa shape index (κ1) is 13.2. The predicted octanol–water partition coefficient (Wildman–Crippen LogP) is 2.23. The van der Waals surface area contributed by atoms with E-state index in [9.17, 15) is 9.59 Å². The second-order valence-corrected chi connectivity index (χ2v) is 5.61. The third-order valence-corrected chi connectivity index (χ3v) is 4.56. The number of carbonyl (C=O) groups is 2. The smallest absolute Gasteiger partial charge is 0.328 e. The molecule has 1 aromatic rings. The molecule has 1 aliphatic carbocycles. The summed E-state index contributed by atoms with van der Waals surface area (Å²) in [5.41, 5.74) is 0.505. The molecule has 0 N–H and O–H groups in total. The summed E-state index contributed by atoms with van der Waals surface area (Å²) < 4.78 is 9.87. The Morgan fingerprint density at radius 1 is 1.35 bits per heavy atom. The van der Waals surface area contributed by atoms with E-state index in [1.807, 2.05) is 0 Å². The number of carbonyl (C=O) groups excluding carboxylic acids is 2. The summed E-state index contributed by atoms with van der Waals surface area (Å²) in [6, 6.07) is 1.36. The number of nitrogens with zero attached hydrogens (tertiary/aromatic N) is 1. The Kier molecular flexibility index (Phi) is 3.51. The Bertz CT molecular complexity index is 496. The monoisotopic (exact) mass is 277 g/mol. The molecule has 2 fully saturated rings. The average Bonchev–Trinajstić information content (AvgIpc) is 3.12. The van der Waals surface area contributed by atoms with Crippen LogP contribution in [0.15, 0.2) is 23.0 Å². The van der Waals surface area contributed by atoms with E-state index >= 15 is 0 Å². The molecule has 1 aliphatic heterocycles. The van der Waals surface area contributed by atoms with Gasteiger partial charge in [0.25, 0.3) is 5.91 Å². The highest BCUT2D eigenvalue weighted by Crippen LogP contribution is 2.40. The van der Waals surface area contributed by atoms with Gasteiger partial charge in [0.1, 0.15) is 12.3 Å². The van der Waals surface area contributed by atoms with Crippen molar-refractivity contribution in [2.24, 2.45) is 5.92 Å². The number of rotatable bonds is 2. The third kappa shape index (κ3) is 2.11. The lowest BCUT2D eigenvalue weighted by Crippen LogP contribution is -2.46. The first-order valence-corrected chi connectivity index (χ1v) is 7.15. The molecule has 5 nitrogen and oxygen atoms in total. The van der Waals surface area contributed by atoms with Crippen LogP contribution in [0.2, 0.25) is 0 Å². The van der Waals surface area contributed by atoms with Gasteiger partial charge in [0.05, 0.1) is 18.9 Å². The lowest BCUT2D eigenvalue weighted by Gasteiger charge is -2.33. The van der Waals surface area contributed by atoms with Crippen molar-refractivity contribution in [3.05, 3.63) is 24.2 Å². The van der Waals surface area contributed by atoms with Crippen LogP contribution in [0, 0.1) is 5.92 Å². The molecule has 2 aliphatic rings. The highest BCUT2D eigenvalue weighted by molar-refractivity contribution is 5.97. The largest absolute Gasteiger partial charge is 0.472 e. The fourth-order valence-electron chi connectivity index (χ4n) is 3.63. The van der Waals surface area contributed by atoms with Crippen molar-refractivity contribution in [2.75, 3.05) is 7.11 Å². The predicted molar refractivity (Wildman–Crippen MR) is 71.0 cm³/mol. The van der Waals surface area contributed by atoms with Crippen molar-refractivity contribution in [3.63, 3.8) is 0 Å². The van der Waals surface area contributed by atoms with E-state index in [-0.39, 0.29) is 17.9 Å². The molecule has 0 bridgehead atoms. The van der Waals surface area contributed by atoms with Gasteiger partial charge >= 0.3 is 5.97 Å². The second-order valence-electron chi connectivity index (χ2n) is 5.61. The first-order valence-electron chi connectivity index (χ1n) is 7.15. The van der Waals surface area contributed by atoms with Gasteiger partial charge in [0, 0.05) is 6.04 Å². The van der Waals surface area contributed by atoms with E-state index in [4.69, 9.17) is 9.15 Å². The Labute approximate surface area is 117 Å². The van der Waals surface area contributed by atoms with Gasteiger partial charge < -0.3 is 14.1 Å². The topological polar surface area (TPSA) is 59.8 Å². The number of hydrogen-bond donors (Lipinski definition) is 0. The quantitative estimate of drug-likeness (QED) is 0.778. The summed E-state index contributed by atoms with van der Waals surface area (Å²) in [5, 5.41) is 0. The Morgan fingerprint density at radius 2 is 2.15 bits per heavy atom.